The van der Waals surface area contributed by atoms with E-state index in [1.54, 1.807) is 48.0 Å². The molecule has 1 aliphatic rings. The first-order chi connectivity index (χ1) is 12.5. The third-order valence-corrected chi connectivity index (χ3v) is 5.04. The van der Waals surface area contributed by atoms with Gasteiger partial charge in [0, 0.05) is 24.5 Å². The zero-order valence-electron chi connectivity index (χ0n) is 13.9. The van der Waals surface area contributed by atoms with Gasteiger partial charge >= 0.3 is 0 Å². The Hall–Kier alpha value is -3.07. The third kappa shape index (κ3) is 2.86. The Labute approximate surface area is 152 Å². The predicted molar refractivity (Wildman–Crippen MR) is 97.8 cm³/mol. The summed E-state index contributed by atoms with van der Waals surface area (Å²) in [7, 11) is 1.67. The summed E-state index contributed by atoms with van der Waals surface area (Å²) in [4.78, 5) is 25.8. The summed E-state index contributed by atoms with van der Waals surface area (Å²) in [6.07, 6.45) is 1.72. The number of nitrogens with two attached hydrogens (primary N) is 1. The summed E-state index contributed by atoms with van der Waals surface area (Å²) in [5, 5.41) is 8.73. The smallest absolute Gasteiger partial charge is 0.264 e. The van der Waals surface area contributed by atoms with Crippen molar-refractivity contribution in [1.82, 2.24) is 14.6 Å². The van der Waals surface area contributed by atoms with Crippen LogP contribution < -0.4 is 15.4 Å². The Balaban J connectivity index is 1.53. The standard InChI is InChI=1S/C17H15N5O3S/c1-21-12-6-10(2-4-14(12)25-8-16(21)24)13(23)9-26-17-20-19-15-5-3-11(18)7-22(15)17/h2-7H,8-9,18H2,1H3. The molecular formula is C17H15N5O3S. The molecule has 3 heterocycles. The minimum atomic E-state index is -0.149. The van der Waals surface area contributed by atoms with Crippen LogP contribution >= 0.6 is 11.8 Å². The number of fused-ring (bicyclic) bond motifs is 2. The van der Waals surface area contributed by atoms with E-state index in [0.717, 1.165) is 0 Å². The summed E-state index contributed by atoms with van der Waals surface area (Å²) in [6.45, 7) is 0.00965. The fraction of sp³-hybridized carbons (Fsp3) is 0.176. The van der Waals surface area contributed by atoms with E-state index in [2.05, 4.69) is 10.2 Å². The minimum Gasteiger partial charge on any atom is -0.482 e. The Morgan fingerprint density at radius 3 is 3.00 bits per heavy atom. The van der Waals surface area contributed by atoms with Crippen LogP contribution in [-0.4, -0.2) is 45.7 Å². The van der Waals surface area contributed by atoms with Gasteiger partial charge in [0.1, 0.15) is 5.75 Å². The van der Waals surface area contributed by atoms with E-state index in [1.165, 1.54) is 16.7 Å². The molecule has 1 aliphatic heterocycles. The van der Waals surface area contributed by atoms with E-state index in [-0.39, 0.29) is 24.1 Å². The number of thioether (sulfide) groups is 1. The van der Waals surface area contributed by atoms with E-state index >= 15 is 0 Å². The molecule has 2 aromatic heterocycles. The maximum atomic E-state index is 12.6. The highest BCUT2D eigenvalue weighted by Gasteiger charge is 2.23. The minimum absolute atomic E-state index is 0.00965. The fourth-order valence-corrected chi connectivity index (χ4v) is 3.45. The van der Waals surface area contributed by atoms with Crippen LogP contribution in [0.5, 0.6) is 5.75 Å². The predicted octanol–water partition coefficient (Wildman–Crippen LogP) is 1.64. The number of pyridine rings is 1. The molecule has 0 unspecified atom stereocenters. The molecule has 4 rings (SSSR count). The number of amides is 1. The number of hydrogen-bond acceptors (Lipinski definition) is 7. The number of likely N-dealkylation sites (N-methyl/N-ethyl adjacent to an activating group) is 1. The number of ketones is 1. The van der Waals surface area contributed by atoms with Gasteiger partial charge in [0.15, 0.2) is 23.2 Å². The van der Waals surface area contributed by atoms with Gasteiger partial charge < -0.3 is 15.4 Å². The van der Waals surface area contributed by atoms with E-state index < -0.39 is 0 Å². The molecule has 0 bridgehead atoms. The number of hydrogen-bond donors (Lipinski definition) is 1. The van der Waals surface area contributed by atoms with Gasteiger partial charge in [-0.2, -0.15) is 0 Å². The number of rotatable bonds is 4. The lowest BCUT2D eigenvalue weighted by atomic mass is 10.1. The molecule has 0 saturated heterocycles. The number of benzene rings is 1. The molecule has 2 N–H and O–H groups in total. The third-order valence-electron chi connectivity index (χ3n) is 4.09. The van der Waals surface area contributed by atoms with Crippen molar-refractivity contribution in [3.05, 3.63) is 42.1 Å². The number of ether oxygens (including phenoxy) is 1. The van der Waals surface area contributed by atoms with Crippen molar-refractivity contribution in [2.45, 2.75) is 5.16 Å². The monoisotopic (exact) mass is 369 g/mol. The van der Waals surface area contributed by atoms with Gasteiger partial charge in [-0.3, -0.25) is 14.0 Å². The molecule has 8 nitrogen and oxygen atoms in total. The van der Waals surface area contributed by atoms with Crippen LogP contribution in [0, 0.1) is 0 Å². The maximum Gasteiger partial charge on any atom is 0.264 e. The van der Waals surface area contributed by atoms with Crippen molar-refractivity contribution < 1.29 is 14.3 Å². The number of anilines is 2. The molecule has 0 radical (unpaired) electrons. The lowest BCUT2D eigenvalue weighted by Crippen LogP contribution is -2.35. The quantitative estimate of drug-likeness (QED) is 0.551. The Morgan fingerprint density at radius 2 is 2.15 bits per heavy atom. The Morgan fingerprint density at radius 1 is 1.31 bits per heavy atom. The van der Waals surface area contributed by atoms with E-state index in [4.69, 9.17) is 10.5 Å². The number of nitrogens with zero attached hydrogens (tertiary/aromatic N) is 4. The zero-order chi connectivity index (χ0) is 18.3. The normalized spacial score (nSPS) is 13.6. The molecule has 26 heavy (non-hydrogen) atoms. The van der Waals surface area contributed by atoms with Gasteiger partial charge in [-0.05, 0) is 30.3 Å². The maximum absolute atomic E-state index is 12.6. The number of Topliss-reactive ketones (excluding diaryl/α,β-unsaturated/α-hetero) is 1. The van der Waals surface area contributed by atoms with E-state index in [9.17, 15) is 9.59 Å². The number of aromatic nitrogens is 3. The Kier molecular flexibility index (Phi) is 4.00. The van der Waals surface area contributed by atoms with Gasteiger partial charge in [0.05, 0.1) is 11.4 Å². The number of nitrogen functional groups attached to an aromatic ring is 1. The van der Waals surface area contributed by atoms with Gasteiger partial charge in [0.25, 0.3) is 5.91 Å². The molecule has 3 aromatic rings. The Bertz CT molecular complexity index is 1030. The van der Waals surface area contributed by atoms with Crippen LogP contribution in [0.4, 0.5) is 11.4 Å². The van der Waals surface area contributed by atoms with Gasteiger partial charge in [-0.25, -0.2) is 0 Å². The van der Waals surface area contributed by atoms with Crippen LogP contribution in [0.1, 0.15) is 10.4 Å². The molecule has 1 amide bonds. The second-order valence-electron chi connectivity index (χ2n) is 5.81. The first-order valence-electron chi connectivity index (χ1n) is 7.82. The van der Waals surface area contributed by atoms with Gasteiger partial charge in [0.2, 0.25) is 0 Å². The summed E-state index contributed by atoms with van der Waals surface area (Å²) in [5.74, 6) is 0.552. The molecular weight excluding hydrogens is 354 g/mol. The fourth-order valence-electron chi connectivity index (χ4n) is 2.64. The van der Waals surface area contributed by atoms with E-state index in [1.807, 2.05) is 0 Å². The van der Waals surface area contributed by atoms with Crippen LogP contribution in [0.25, 0.3) is 5.65 Å². The zero-order valence-corrected chi connectivity index (χ0v) is 14.7. The molecule has 0 fully saturated rings. The van der Waals surface area contributed by atoms with Crippen LogP contribution in [0.2, 0.25) is 0 Å². The topological polar surface area (TPSA) is 103 Å². The van der Waals surface area contributed by atoms with Crippen LogP contribution in [0.15, 0.2) is 41.7 Å². The second kappa shape index (κ2) is 6.34. The summed E-state index contributed by atoms with van der Waals surface area (Å²) in [6, 6.07) is 8.60. The molecule has 0 aliphatic carbocycles. The van der Waals surface area contributed by atoms with Crippen molar-refractivity contribution >= 4 is 40.5 Å². The first-order valence-corrected chi connectivity index (χ1v) is 8.81. The average molecular weight is 369 g/mol. The first kappa shape index (κ1) is 16.4. The number of carbonyl (C=O) groups is 2. The summed E-state index contributed by atoms with van der Waals surface area (Å²) >= 11 is 1.28. The molecule has 132 valence electrons. The lowest BCUT2D eigenvalue weighted by Gasteiger charge is -2.26. The summed E-state index contributed by atoms with van der Waals surface area (Å²) in [5.41, 5.74) is 8.15. The van der Waals surface area contributed by atoms with Crippen molar-refractivity contribution in [2.24, 2.45) is 0 Å². The summed E-state index contributed by atoms with van der Waals surface area (Å²) < 4.78 is 7.13. The van der Waals surface area contributed by atoms with Crippen LogP contribution in [-0.2, 0) is 4.79 Å². The lowest BCUT2D eigenvalue weighted by molar-refractivity contribution is -0.120. The highest BCUT2D eigenvalue weighted by molar-refractivity contribution is 7.99. The SMILES string of the molecule is CN1C(=O)COc2ccc(C(=O)CSc3nnc4ccc(N)cn34)cc21. The number of carbonyl (C=O) groups excluding carboxylic acids is 2. The van der Waals surface area contributed by atoms with Crippen LogP contribution in [0.3, 0.4) is 0 Å². The van der Waals surface area contributed by atoms with Gasteiger partial charge in [-0.1, -0.05) is 11.8 Å². The van der Waals surface area contributed by atoms with Gasteiger partial charge in [-0.15, -0.1) is 10.2 Å². The second-order valence-corrected chi connectivity index (χ2v) is 6.75. The van der Waals surface area contributed by atoms with Crippen molar-refractivity contribution in [3.63, 3.8) is 0 Å². The molecule has 1 aromatic carbocycles. The highest BCUT2D eigenvalue weighted by atomic mass is 32.2. The molecule has 0 spiro atoms. The largest absolute Gasteiger partial charge is 0.482 e. The molecule has 0 saturated carbocycles. The highest BCUT2D eigenvalue weighted by Crippen LogP contribution is 2.32. The average Bonchev–Trinajstić information content (AvgIpc) is 3.04. The van der Waals surface area contributed by atoms with Crippen molar-refractivity contribution in [3.8, 4) is 5.75 Å². The van der Waals surface area contributed by atoms with Crippen molar-refractivity contribution in [1.29, 1.82) is 0 Å². The molecule has 0 atom stereocenters. The van der Waals surface area contributed by atoms with Crippen molar-refractivity contribution in [2.75, 3.05) is 30.0 Å². The van der Waals surface area contributed by atoms with E-state index in [0.29, 0.717) is 33.5 Å². The molecule has 9 heteroatoms.